The molecule has 0 aliphatic heterocycles. The fourth-order valence-corrected chi connectivity index (χ4v) is 5.52. The number of benzene rings is 1. The predicted octanol–water partition coefficient (Wildman–Crippen LogP) is 1.87. The topological polar surface area (TPSA) is 226 Å². The van der Waals surface area contributed by atoms with Crippen LogP contribution in [0.3, 0.4) is 0 Å². The zero-order valence-corrected chi connectivity index (χ0v) is 23.9. The van der Waals surface area contributed by atoms with Gasteiger partial charge in [-0.15, -0.1) is 0 Å². The Bertz CT molecular complexity index is 1260. The number of unbranched alkanes of at least 4 members (excludes halogenated alkanes) is 1. The molecular weight excluding hydrogens is 560 g/mol. The molecule has 43 heavy (non-hydrogen) atoms. The first kappa shape index (κ1) is 33.3. The lowest BCUT2D eigenvalue weighted by molar-refractivity contribution is -0.148. The highest BCUT2D eigenvalue weighted by atomic mass is 16.4. The van der Waals surface area contributed by atoms with Crippen LogP contribution in [0.5, 0.6) is 5.75 Å². The van der Waals surface area contributed by atoms with Gasteiger partial charge in [-0.25, -0.2) is 4.79 Å². The van der Waals surface area contributed by atoms with Gasteiger partial charge in [-0.1, -0.05) is 31.4 Å². The highest BCUT2D eigenvalue weighted by molar-refractivity contribution is 6.05. The summed E-state index contributed by atoms with van der Waals surface area (Å²) in [5.74, 6) is -6.31. The summed E-state index contributed by atoms with van der Waals surface area (Å²) >= 11 is 0. The number of carbonyl (C=O) groups is 5. The second-order valence-electron chi connectivity index (χ2n) is 11.1. The Morgan fingerprint density at radius 3 is 2.23 bits per heavy atom. The van der Waals surface area contributed by atoms with Crippen molar-refractivity contribution in [1.29, 1.82) is 0 Å². The Kier molecular flexibility index (Phi) is 11.8. The SMILES string of the molecule is NCCCC[C@H](N)C(=O)N(C[C@H](CC1(C(=O)N[C@@H](Cc2ccc(O)cc2)C(=O)O)CCCC1)C(=O)O)C(=O)c1ccco1. The minimum absolute atomic E-state index is 0.0128. The van der Waals surface area contributed by atoms with E-state index in [1.807, 2.05) is 0 Å². The molecule has 1 heterocycles. The second-order valence-corrected chi connectivity index (χ2v) is 11.1. The molecule has 0 spiro atoms. The van der Waals surface area contributed by atoms with Crippen molar-refractivity contribution in [2.24, 2.45) is 22.8 Å². The van der Waals surface area contributed by atoms with Crippen LogP contribution in [-0.2, 0) is 25.6 Å². The van der Waals surface area contributed by atoms with Crippen molar-refractivity contribution in [2.45, 2.75) is 69.9 Å². The lowest BCUT2D eigenvalue weighted by Gasteiger charge is -2.33. The number of nitrogens with one attached hydrogen (secondary N) is 1. The molecule has 3 atom stereocenters. The van der Waals surface area contributed by atoms with Gasteiger partial charge in [0.05, 0.1) is 23.6 Å². The van der Waals surface area contributed by atoms with Gasteiger partial charge in [0, 0.05) is 13.0 Å². The molecular formula is C30H40N4O9. The van der Waals surface area contributed by atoms with E-state index < -0.39 is 59.6 Å². The van der Waals surface area contributed by atoms with Crippen LogP contribution in [0, 0.1) is 11.3 Å². The number of nitrogens with zero attached hydrogens (tertiary/aromatic N) is 1. The van der Waals surface area contributed by atoms with E-state index in [9.17, 15) is 39.3 Å². The molecule has 234 valence electrons. The first-order valence-electron chi connectivity index (χ1n) is 14.4. The quantitative estimate of drug-likeness (QED) is 0.152. The standard InChI is InChI=1S/C30H40N4O9/c31-14-4-1-6-22(32)25(36)34(26(37)24-7-5-15-43-24)18-20(27(38)39)17-30(12-2-3-13-30)29(42)33-23(28(40)41)16-19-8-10-21(35)11-9-19/h5,7-11,15,20,22-23,35H,1-4,6,12-14,16-18,31-32H2,(H,33,42)(H,38,39)(H,40,41)/t20-,22-,23-/m0/s1. The fraction of sp³-hybridized carbons (Fsp3) is 0.500. The lowest BCUT2D eigenvalue weighted by Crippen LogP contribution is -2.52. The van der Waals surface area contributed by atoms with E-state index >= 15 is 0 Å². The van der Waals surface area contributed by atoms with Gasteiger partial charge in [0.1, 0.15) is 11.8 Å². The van der Waals surface area contributed by atoms with Gasteiger partial charge < -0.3 is 36.5 Å². The molecule has 0 radical (unpaired) electrons. The number of phenolic OH excluding ortho intramolecular Hbond substituents is 1. The average molecular weight is 601 g/mol. The molecule has 13 heteroatoms. The minimum Gasteiger partial charge on any atom is -0.508 e. The van der Waals surface area contributed by atoms with E-state index in [0.717, 1.165) is 4.90 Å². The number of amides is 3. The first-order valence-corrected chi connectivity index (χ1v) is 14.4. The van der Waals surface area contributed by atoms with Crippen molar-refractivity contribution < 1.29 is 43.7 Å². The van der Waals surface area contributed by atoms with Crippen molar-refractivity contribution in [3.05, 3.63) is 54.0 Å². The van der Waals surface area contributed by atoms with Gasteiger partial charge in [0.15, 0.2) is 5.76 Å². The zero-order chi connectivity index (χ0) is 31.6. The third kappa shape index (κ3) is 8.88. The molecule has 1 fully saturated rings. The maximum absolute atomic E-state index is 13.7. The summed E-state index contributed by atoms with van der Waals surface area (Å²) in [6, 6.07) is 6.34. The normalized spacial score (nSPS) is 16.1. The number of hydrogen-bond acceptors (Lipinski definition) is 9. The third-order valence-corrected chi connectivity index (χ3v) is 7.94. The van der Waals surface area contributed by atoms with Crippen LogP contribution in [0.1, 0.15) is 67.5 Å². The summed E-state index contributed by atoms with van der Waals surface area (Å²) < 4.78 is 5.18. The minimum atomic E-state index is -1.34. The van der Waals surface area contributed by atoms with Crippen molar-refractivity contribution in [3.8, 4) is 5.75 Å². The van der Waals surface area contributed by atoms with E-state index in [0.29, 0.717) is 50.6 Å². The summed E-state index contributed by atoms with van der Waals surface area (Å²) in [7, 11) is 0. The summed E-state index contributed by atoms with van der Waals surface area (Å²) in [6.07, 6.45) is 4.23. The van der Waals surface area contributed by atoms with Crippen molar-refractivity contribution >= 4 is 29.7 Å². The van der Waals surface area contributed by atoms with Gasteiger partial charge in [-0.2, -0.15) is 0 Å². The average Bonchev–Trinajstić information content (AvgIpc) is 3.69. The Morgan fingerprint density at radius 1 is 1.00 bits per heavy atom. The highest BCUT2D eigenvalue weighted by Crippen LogP contribution is 2.44. The van der Waals surface area contributed by atoms with Gasteiger partial charge in [0.25, 0.3) is 5.91 Å². The van der Waals surface area contributed by atoms with E-state index in [-0.39, 0.29) is 30.8 Å². The van der Waals surface area contributed by atoms with Gasteiger partial charge >= 0.3 is 11.9 Å². The maximum atomic E-state index is 13.7. The Morgan fingerprint density at radius 2 is 1.67 bits per heavy atom. The Balaban J connectivity index is 1.83. The van der Waals surface area contributed by atoms with Crippen LogP contribution >= 0.6 is 0 Å². The molecule has 1 aromatic carbocycles. The van der Waals surface area contributed by atoms with E-state index in [4.69, 9.17) is 15.9 Å². The maximum Gasteiger partial charge on any atom is 0.326 e. The predicted molar refractivity (Wildman–Crippen MR) is 154 cm³/mol. The number of hydrogen-bond donors (Lipinski definition) is 6. The van der Waals surface area contributed by atoms with Crippen LogP contribution in [0.4, 0.5) is 0 Å². The number of carboxylic acids is 2. The molecule has 0 bridgehead atoms. The molecule has 0 unspecified atom stereocenters. The first-order chi connectivity index (χ1) is 20.5. The van der Waals surface area contributed by atoms with Crippen molar-refractivity contribution in [2.75, 3.05) is 13.1 Å². The summed E-state index contributed by atoms with van der Waals surface area (Å²) in [5, 5.41) is 32.1. The van der Waals surface area contributed by atoms with Gasteiger partial charge in [-0.05, 0) is 68.5 Å². The number of carboxylic acid groups (broad SMARTS) is 2. The van der Waals surface area contributed by atoms with E-state index in [1.165, 1.54) is 30.5 Å². The fourth-order valence-electron chi connectivity index (χ4n) is 5.52. The number of rotatable bonds is 16. The van der Waals surface area contributed by atoms with Crippen LogP contribution in [-0.4, -0.2) is 75.1 Å². The number of aromatic hydroxyl groups is 1. The third-order valence-electron chi connectivity index (χ3n) is 7.94. The van der Waals surface area contributed by atoms with E-state index in [1.54, 1.807) is 12.1 Å². The number of aliphatic carboxylic acids is 2. The van der Waals surface area contributed by atoms with Gasteiger partial charge in [-0.3, -0.25) is 24.1 Å². The molecule has 3 rings (SSSR count). The zero-order valence-electron chi connectivity index (χ0n) is 23.9. The molecule has 3 amide bonds. The molecule has 1 aromatic heterocycles. The molecule has 1 saturated carbocycles. The summed E-state index contributed by atoms with van der Waals surface area (Å²) in [4.78, 5) is 65.7. The lowest BCUT2D eigenvalue weighted by atomic mass is 9.76. The largest absolute Gasteiger partial charge is 0.508 e. The van der Waals surface area contributed by atoms with Crippen LogP contribution in [0.25, 0.3) is 0 Å². The molecule has 1 aliphatic rings. The second kappa shape index (κ2) is 15.3. The van der Waals surface area contributed by atoms with Gasteiger partial charge in [0.2, 0.25) is 11.8 Å². The summed E-state index contributed by atoms with van der Waals surface area (Å²) in [6.45, 7) is -0.151. The van der Waals surface area contributed by atoms with Crippen molar-refractivity contribution in [1.82, 2.24) is 10.2 Å². The molecule has 1 aliphatic carbocycles. The van der Waals surface area contributed by atoms with Crippen LogP contribution in [0.15, 0.2) is 47.1 Å². The number of phenols is 1. The van der Waals surface area contributed by atoms with Crippen LogP contribution < -0.4 is 16.8 Å². The molecule has 2 aromatic rings. The number of furan rings is 1. The number of imide groups is 1. The molecule has 13 nitrogen and oxygen atoms in total. The monoisotopic (exact) mass is 600 g/mol. The van der Waals surface area contributed by atoms with E-state index in [2.05, 4.69) is 5.32 Å². The molecule has 8 N–H and O–H groups in total. The molecule has 0 saturated heterocycles. The highest BCUT2D eigenvalue weighted by Gasteiger charge is 2.46. The Labute approximate surface area is 249 Å². The number of nitrogens with two attached hydrogens (primary N) is 2. The smallest absolute Gasteiger partial charge is 0.326 e. The Hall–Kier alpha value is -4.23. The van der Waals surface area contributed by atoms with Crippen molar-refractivity contribution in [3.63, 3.8) is 0 Å². The summed E-state index contributed by atoms with van der Waals surface area (Å²) in [5.41, 5.74) is 11.0. The number of carbonyl (C=O) groups excluding carboxylic acids is 3. The van der Waals surface area contributed by atoms with Crippen LogP contribution in [0.2, 0.25) is 0 Å².